The molecule has 1 saturated carbocycles. The van der Waals surface area contributed by atoms with Crippen LogP contribution in [-0.2, 0) is 14.8 Å². The Hall–Kier alpha value is -1.93. The number of carbonyl (C=O) groups excluding carboxylic acids is 1. The standard InChI is InChI=1S/C18H26N4O3S/c1-11(2)9-15(18(23)20-10-14(19)12-7-8-12)21-17-13-5-3-4-6-16(13)26(24,25)22-17/h3-6,11-12,14-15H,7-10,19H2,1-2H3,(H,20,23)(H,21,22). The highest BCUT2D eigenvalue weighted by molar-refractivity contribution is 7.90. The number of fused-ring (bicyclic) bond motifs is 1. The second-order valence-electron chi connectivity index (χ2n) is 7.47. The van der Waals surface area contributed by atoms with Crippen LogP contribution in [0.1, 0.15) is 38.7 Å². The maximum Gasteiger partial charge on any atom is 0.263 e. The number of hydrogen-bond donors (Lipinski definition) is 3. The fourth-order valence-corrected chi connectivity index (χ4v) is 4.32. The van der Waals surface area contributed by atoms with Crippen molar-refractivity contribution >= 4 is 21.8 Å². The van der Waals surface area contributed by atoms with Crippen LogP contribution in [0.15, 0.2) is 34.2 Å². The summed E-state index contributed by atoms with van der Waals surface area (Å²) in [6, 6.07) is 5.95. The number of benzene rings is 1. The summed E-state index contributed by atoms with van der Waals surface area (Å²) in [5, 5.41) is 2.88. The highest BCUT2D eigenvalue weighted by atomic mass is 32.2. The zero-order valence-electron chi connectivity index (χ0n) is 15.1. The molecule has 142 valence electrons. The van der Waals surface area contributed by atoms with Crippen molar-refractivity contribution in [3.8, 4) is 0 Å². The molecule has 0 spiro atoms. The van der Waals surface area contributed by atoms with E-state index in [0.717, 1.165) is 12.8 Å². The van der Waals surface area contributed by atoms with Gasteiger partial charge in [0.25, 0.3) is 10.0 Å². The molecule has 8 heteroatoms. The molecule has 0 aromatic heterocycles. The molecular formula is C18H26N4O3S. The van der Waals surface area contributed by atoms with Crippen molar-refractivity contribution in [2.45, 2.75) is 50.1 Å². The molecule has 4 N–H and O–H groups in total. The van der Waals surface area contributed by atoms with Gasteiger partial charge in [0, 0.05) is 18.2 Å². The van der Waals surface area contributed by atoms with E-state index in [2.05, 4.69) is 15.0 Å². The largest absolute Gasteiger partial charge is 0.353 e. The minimum atomic E-state index is -3.62. The maximum absolute atomic E-state index is 12.6. The van der Waals surface area contributed by atoms with E-state index < -0.39 is 16.1 Å². The summed E-state index contributed by atoms with van der Waals surface area (Å²) in [6.45, 7) is 4.43. The van der Waals surface area contributed by atoms with Gasteiger partial charge in [-0.05, 0) is 43.2 Å². The Bertz CT molecular complexity index is 815. The molecule has 1 aliphatic heterocycles. The zero-order chi connectivity index (χ0) is 18.9. The Kier molecular flexibility index (Phi) is 5.34. The average Bonchev–Trinajstić information content (AvgIpc) is 3.39. The van der Waals surface area contributed by atoms with Crippen LogP contribution >= 0.6 is 0 Å². The van der Waals surface area contributed by atoms with Gasteiger partial charge in [-0.15, -0.1) is 0 Å². The molecule has 26 heavy (non-hydrogen) atoms. The summed E-state index contributed by atoms with van der Waals surface area (Å²) in [4.78, 5) is 17.3. The normalized spacial score (nSPS) is 21.9. The molecule has 1 heterocycles. The van der Waals surface area contributed by atoms with E-state index in [9.17, 15) is 13.2 Å². The third-order valence-corrected chi connectivity index (χ3v) is 6.08. The molecule has 1 fully saturated rings. The second kappa shape index (κ2) is 7.36. The van der Waals surface area contributed by atoms with Crippen LogP contribution in [0, 0.1) is 11.8 Å². The van der Waals surface area contributed by atoms with Gasteiger partial charge in [0.1, 0.15) is 11.9 Å². The third-order valence-electron chi connectivity index (χ3n) is 4.68. The van der Waals surface area contributed by atoms with Gasteiger partial charge in [-0.25, -0.2) is 8.42 Å². The molecule has 2 unspecified atom stereocenters. The average molecular weight is 378 g/mol. The molecule has 1 aromatic rings. The van der Waals surface area contributed by atoms with Crippen LogP contribution in [0.2, 0.25) is 0 Å². The Balaban J connectivity index is 1.79. The van der Waals surface area contributed by atoms with Crippen molar-refractivity contribution in [3.05, 3.63) is 29.8 Å². The lowest BCUT2D eigenvalue weighted by atomic mass is 10.0. The zero-order valence-corrected chi connectivity index (χ0v) is 15.9. The van der Waals surface area contributed by atoms with Gasteiger partial charge in [0.15, 0.2) is 0 Å². The number of amides is 1. The van der Waals surface area contributed by atoms with Crippen LogP contribution < -0.4 is 15.8 Å². The van der Waals surface area contributed by atoms with Gasteiger partial charge < -0.3 is 11.1 Å². The summed E-state index contributed by atoms with van der Waals surface area (Å²) in [5.41, 5.74) is 6.55. The number of aliphatic imine (C=N–C) groups is 1. The monoisotopic (exact) mass is 378 g/mol. The number of carbonyl (C=O) groups is 1. The maximum atomic E-state index is 12.6. The SMILES string of the molecule is CC(C)CC(N=C1NS(=O)(=O)c2ccccc21)C(=O)NCC(N)C1CC1. The number of rotatable bonds is 7. The van der Waals surface area contributed by atoms with E-state index in [4.69, 9.17) is 5.73 Å². The van der Waals surface area contributed by atoms with Gasteiger partial charge in [-0.2, -0.15) is 0 Å². The lowest BCUT2D eigenvalue weighted by Gasteiger charge is -2.18. The van der Waals surface area contributed by atoms with Crippen LogP contribution in [0.3, 0.4) is 0 Å². The minimum absolute atomic E-state index is 0.0305. The second-order valence-corrected chi connectivity index (χ2v) is 9.12. The molecule has 1 aromatic carbocycles. The first-order valence-corrected chi connectivity index (χ1v) is 10.5. The molecule has 0 saturated heterocycles. The summed E-state index contributed by atoms with van der Waals surface area (Å²) in [5.74, 6) is 0.748. The number of sulfonamides is 1. The van der Waals surface area contributed by atoms with Crippen LogP contribution in [-0.4, -0.2) is 38.8 Å². The Morgan fingerprint density at radius 1 is 1.35 bits per heavy atom. The van der Waals surface area contributed by atoms with Crippen LogP contribution in [0.5, 0.6) is 0 Å². The first-order valence-electron chi connectivity index (χ1n) is 9.01. The summed E-state index contributed by atoms with van der Waals surface area (Å²) in [6.07, 6.45) is 2.76. The van der Waals surface area contributed by atoms with E-state index in [0.29, 0.717) is 24.4 Å². The summed E-state index contributed by atoms with van der Waals surface area (Å²) in [7, 11) is -3.62. The molecule has 3 rings (SSSR count). The first kappa shape index (κ1) is 18.8. The Morgan fingerprint density at radius 3 is 2.69 bits per heavy atom. The van der Waals surface area contributed by atoms with Gasteiger partial charge in [-0.3, -0.25) is 14.5 Å². The topological polar surface area (TPSA) is 114 Å². The van der Waals surface area contributed by atoms with Crippen molar-refractivity contribution in [1.82, 2.24) is 10.0 Å². The summed E-state index contributed by atoms with van der Waals surface area (Å²) >= 11 is 0. The van der Waals surface area contributed by atoms with Gasteiger partial charge in [-0.1, -0.05) is 26.0 Å². The smallest absolute Gasteiger partial charge is 0.263 e. The Labute approximate surface area is 154 Å². The number of nitrogens with two attached hydrogens (primary N) is 1. The predicted octanol–water partition coefficient (Wildman–Crippen LogP) is 0.993. The number of nitrogens with one attached hydrogen (secondary N) is 2. The van der Waals surface area contributed by atoms with Crippen molar-refractivity contribution in [2.75, 3.05) is 6.54 Å². The van der Waals surface area contributed by atoms with E-state index >= 15 is 0 Å². The highest BCUT2D eigenvalue weighted by Crippen LogP contribution is 2.31. The lowest BCUT2D eigenvalue weighted by molar-refractivity contribution is -0.122. The highest BCUT2D eigenvalue weighted by Gasteiger charge is 2.33. The fourth-order valence-electron chi connectivity index (χ4n) is 3.08. The van der Waals surface area contributed by atoms with Gasteiger partial charge in [0.05, 0.1) is 4.90 Å². The summed E-state index contributed by atoms with van der Waals surface area (Å²) < 4.78 is 26.9. The van der Waals surface area contributed by atoms with Crippen molar-refractivity contribution in [1.29, 1.82) is 0 Å². The Morgan fingerprint density at radius 2 is 2.04 bits per heavy atom. The fraction of sp³-hybridized carbons (Fsp3) is 0.556. The molecule has 1 aliphatic carbocycles. The first-order chi connectivity index (χ1) is 12.3. The third kappa shape index (κ3) is 4.24. The molecule has 0 radical (unpaired) electrons. The predicted molar refractivity (Wildman–Crippen MR) is 100 cm³/mol. The minimum Gasteiger partial charge on any atom is -0.353 e. The molecule has 1 amide bonds. The van der Waals surface area contributed by atoms with Crippen LogP contribution in [0.4, 0.5) is 0 Å². The van der Waals surface area contributed by atoms with Crippen molar-refractivity contribution < 1.29 is 13.2 Å². The van der Waals surface area contributed by atoms with Crippen molar-refractivity contribution in [2.24, 2.45) is 22.6 Å². The van der Waals surface area contributed by atoms with E-state index in [1.807, 2.05) is 13.8 Å². The van der Waals surface area contributed by atoms with Gasteiger partial charge in [0.2, 0.25) is 5.91 Å². The lowest BCUT2D eigenvalue weighted by Crippen LogP contribution is -2.43. The molecule has 7 nitrogen and oxygen atoms in total. The van der Waals surface area contributed by atoms with Crippen molar-refractivity contribution in [3.63, 3.8) is 0 Å². The molecule has 2 aliphatic rings. The molecular weight excluding hydrogens is 352 g/mol. The quantitative estimate of drug-likeness (QED) is 0.656. The molecule has 0 bridgehead atoms. The molecule has 2 atom stereocenters. The number of hydrogen-bond acceptors (Lipinski definition) is 5. The van der Waals surface area contributed by atoms with Gasteiger partial charge >= 0.3 is 0 Å². The van der Waals surface area contributed by atoms with E-state index in [1.165, 1.54) is 6.07 Å². The van der Waals surface area contributed by atoms with E-state index in [1.54, 1.807) is 18.2 Å². The van der Waals surface area contributed by atoms with Crippen LogP contribution in [0.25, 0.3) is 0 Å². The number of amidine groups is 1. The number of nitrogens with zero attached hydrogens (tertiary/aromatic N) is 1. The van der Waals surface area contributed by atoms with E-state index in [-0.39, 0.29) is 28.6 Å².